The third kappa shape index (κ3) is 6.75. The molecule has 0 amide bonds. The van der Waals surface area contributed by atoms with Gasteiger partial charge in [0.2, 0.25) is 0 Å². The number of hydrogen-bond donors (Lipinski definition) is 2. The number of anilines is 1. The Kier molecular flexibility index (Phi) is 9.38. The highest BCUT2D eigenvalue weighted by atomic mass is 35.5. The summed E-state index contributed by atoms with van der Waals surface area (Å²) in [5, 5.41) is 29.7. The van der Waals surface area contributed by atoms with Gasteiger partial charge in [0.25, 0.3) is 0 Å². The number of likely N-dealkylation sites (N-methyl/N-ethyl adjacent to an activating group) is 1. The number of nitriles is 1. The summed E-state index contributed by atoms with van der Waals surface area (Å²) < 4.78 is 5.21. The first-order chi connectivity index (χ1) is 15.2. The Morgan fingerprint density at radius 2 is 1.91 bits per heavy atom. The van der Waals surface area contributed by atoms with E-state index in [1.54, 1.807) is 6.07 Å². The number of benzene rings is 2. The second kappa shape index (κ2) is 11.6. The van der Waals surface area contributed by atoms with Crippen LogP contribution >= 0.6 is 24.0 Å². The van der Waals surface area contributed by atoms with Gasteiger partial charge < -0.3 is 24.7 Å². The zero-order valence-electron chi connectivity index (χ0n) is 18.8. The molecule has 2 N–H and O–H groups in total. The van der Waals surface area contributed by atoms with E-state index in [2.05, 4.69) is 11.0 Å². The largest absolute Gasteiger partial charge is 0.496 e. The Morgan fingerprint density at radius 1 is 1.27 bits per heavy atom. The highest BCUT2D eigenvalue weighted by molar-refractivity contribution is 6.33. The van der Waals surface area contributed by atoms with Crippen molar-refractivity contribution in [2.45, 2.75) is 24.9 Å². The summed E-state index contributed by atoms with van der Waals surface area (Å²) in [6.07, 6.45) is 2.16. The zero-order valence-corrected chi connectivity index (χ0v) is 20.3. The van der Waals surface area contributed by atoms with E-state index in [1.165, 1.54) is 18.7 Å². The number of aromatic carboxylic acids is 1. The Balaban J connectivity index is 0.00000385. The molecule has 1 fully saturated rings. The first kappa shape index (κ1) is 26.7. The maximum absolute atomic E-state index is 11.4. The van der Waals surface area contributed by atoms with Crippen molar-refractivity contribution < 1.29 is 19.7 Å². The number of halogens is 2. The second-order valence-electron chi connectivity index (χ2n) is 8.29. The summed E-state index contributed by atoms with van der Waals surface area (Å²) in [6.45, 7) is 2.86. The van der Waals surface area contributed by atoms with Crippen LogP contribution in [-0.2, 0) is 6.42 Å². The number of carboxylic acid groups (broad SMARTS) is 1. The molecule has 1 aliphatic heterocycles. The van der Waals surface area contributed by atoms with E-state index in [9.17, 15) is 15.0 Å². The molecule has 3 rings (SSSR count). The van der Waals surface area contributed by atoms with Crippen LogP contribution in [0.25, 0.3) is 0 Å². The number of piperidine rings is 1. The zero-order chi connectivity index (χ0) is 23.3. The van der Waals surface area contributed by atoms with Crippen molar-refractivity contribution in [3.05, 3.63) is 58.1 Å². The van der Waals surface area contributed by atoms with Gasteiger partial charge in [-0.15, -0.1) is 12.4 Å². The van der Waals surface area contributed by atoms with Gasteiger partial charge in [-0.25, -0.2) is 4.79 Å². The number of rotatable bonds is 8. The van der Waals surface area contributed by atoms with Crippen molar-refractivity contribution in [1.29, 1.82) is 5.26 Å². The van der Waals surface area contributed by atoms with Crippen molar-refractivity contribution >= 4 is 35.7 Å². The van der Waals surface area contributed by atoms with Crippen LogP contribution in [0.1, 0.15) is 34.3 Å². The van der Waals surface area contributed by atoms with Gasteiger partial charge in [0.1, 0.15) is 11.3 Å². The normalized spacial score (nSPS) is 15.2. The molecule has 9 heteroatoms. The van der Waals surface area contributed by atoms with E-state index in [1.807, 2.05) is 36.2 Å². The monoisotopic (exact) mass is 493 g/mol. The molecule has 0 spiro atoms. The van der Waals surface area contributed by atoms with Gasteiger partial charge in [-0.3, -0.25) is 0 Å². The molecule has 0 unspecified atom stereocenters. The summed E-state index contributed by atoms with van der Waals surface area (Å²) in [5.74, 6) is -0.877. The van der Waals surface area contributed by atoms with Crippen LogP contribution in [0.5, 0.6) is 5.75 Å². The van der Waals surface area contributed by atoms with Crippen LogP contribution in [0.15, 0.2) is 36.4 Å². The molecular formula is C24H29Cl2N3O4. The Hall–Kier alpha value is -2.50. The lowest BCUT2D eigenvalue weighted by molar-refractivity contribution is -0.0137. The van der Waals surface area contributed by atoms with Gasteiger partial charge in [0.15, 0.2) is 0 Å². The minimum Gasteiger partial charge on any atom is -0.496 e. The summed E-state index contributed by atoms with van der Waals surface area (Å²) in [4.78, 5) is 15.6. The highest BCUT2D eigenvalue weighted by Gasteiger charge is 2.34. The lowest BCUT2D eigenvalue weighted by atomic mass is 9.90. The van der Waals surface area contributed by atoms with Crippen molar-refractivity contribution in [1.82, 2.24) is 4.90 Å². The Bertz CT molecular complexity index is 1000. The van der Waals surface area contributed by atoms with E-state index in [0.717, 1.165) is 26.1 Å². The predicted octanol–water partition coefficient (Wildman–Crippen LogP) is 3.85. The summed E-state index contributed by atoms with van der Waals surface area (Å²) >= 11 is 6.33. The lowest BCUT2D eigenvalue weighted by Crippen LogP contribution is -2.50. The molecule has 0 bridgehead atoms. The first-order valence-electron chi connectivity index (χ1n) is 10.5. The van der Waals surface area contributed by atoms with Gasteiger partial charge in [0.05, 0.1) is 35.1 Å². The van der Waals surface area contributed by atoms with E-state index in [0.29, 0.717) is 35.7 Å². The predicted molar refractivity (Wildman–Crippen MR) is 131 cm³/mol. The number of ether oxygens (including phenoxy) is 1. The highest BCUT2D eigenvalue weighted by Crippen LogP contribution is 2.35. The molecule has 2 aromatic rings. The number of nitrogens with zero attached hydrogens (tertiary/aromatic N) is 3. The molecule has 1 saturated heterocycles. The maximum atomic E-state index is 11.4. The fraction of sp³-hybridized carbons (Fsp3) is 0.417. The van der Waals surface area contributed by atoms with Gasteiger partial charge in [0, 0.05) is 39.3 Å². The van der Waals surface area contributed by atoms with Crippen LogP contribution < -0.4 is 9.64 Å². The first-order valence-corrected chi connectivity index (χ1v) is 10.9. The average molecular weight is 494 g/mol. The van der Waals surface area contributed by atoms with E-state index in [-0.39, 0.29) is 23.7 Å². The SMILES string of the molecule is COc1cc(N(C)CC2(O)CCN(CCc3ccc(C#N)cc3)CC2)c(Cl)cc1C(=O)O.Cl. The number of hydrogen-bond acceptors (Lipinski definition) is 6. The molecule has 0 atom stereocenters. The van der Waals surface area contributed by atoms with Gasteiger partial charge >= 0.3 is 5.97 Å². The third-order valence-electron chi connectivity index (χ3n) is 6.03. The van der Waals surface area contributed by atoms with E-state index in [4.69, 9.17) is 21.6 Å². The van der Waals surface area contributed by atoms with Crippen molar-refractivity contribution in [2.24, 2.45) is 0 Å². The van der Waals surface area contributed by atoms with E-state index < -0.39 is 11.6 Å². The summed E-state index contributed by atoms with van der Waals surface area (Å²) in [7, 11) is 3.25. The number of methoxy groups -OCH3 is 1. The maximum Gasteiger partial charge on any atom is 0.339 e. The minimum absolute atomic E-state index is 0. The molecule has 1 heterocycles. The van der Waals surface area contributed by atoms with Crippen LogP contribution in [-0.4, -0.2) is 67.0 Å². The summed E-state index contributed by atoms with van der Waals surface area (Å²) in [5.41, 5.74) is 1.62. The van der Waals surface area contributed by atoms with Crippen LogP contribution in [0.2, 0.25) is 5.02 Å². The van der Waals surface area contributed by atoms with Crippen molar-refractivity contribution in [3.63, 3.8) is 0 Å². The summed E-state index contributed by atoms with van der Waals surface area (Å²) in [6, 6.07) is 12.8. The van der Waals surface area contributed by atoms with Crippen LogP contribution in [0.4, 0.5) is 5.69 Å². The Labute approximate surface area is 205 Å². The number of aliphatic hydroxyl groups is 1. The smallest absolute Gasteiger partial charge is 0.339 e. The third-order valence-corrected chi connectivity index (χ3v) is 6.33. The molecule has 0 saturated carbocycles. The van der Waals surface area contributed by atoms with Crippen molar-refractivity contribution in [3.8, 4) is 11.8 Å². The second-order valence-corrected chi connectivity index (χ2v) is 8.70. The molecule has 7 nitrogen and oxygen atoms in total. The Morgan fingerprint density at radius 3 is 2.45 bits per heavy atom. The lowest BCUT2D eigenvalue weighted by Gasteiger charge is -2.41. The van der Waals surface area contributed by atoms with Gasteiger partial charge in [-0.2, -0.15) is 5.26 Å². The minimum atomic E-state index is -1.11. The topological polar surface area (TPSA) is 97.0 Å². The molecule has 0 aliphatic carbocycles. The fourth-order valence-electron chi connectivity index (χ4n) is 4.08. The molecule has 2 aromatic carbocycles. The number of carbonyl (C=O) groups is 1. The van der Waals surface area contributed by atoms with E-state index >= 15 is 0 Å². The van der Waals surface area contributed by atoms with Crippen molar-refractivity contribution in [2.75, 3.05) is 45.2 Å². The molecule has 33 heavy (non-hydrogen) atoms. The quantitative estimate of drug-likeness (QED) is 0.576. The molecule has 0 radical (unpaired) electrons. The molecular weight excluding hydrogens is 465 g/mol. The fourth-order valence-corrected chi connectivity index (χ4v) is 4.39. The van der Waals surface area contributed by atoms with Crippen LogP contribution in [0, 0.1) is 11.3 Å². The number of carboxylic acids is 1. The standard InChI is InChI=1S/C24H28ClN3O4.ClH/c1-27(21-14-22(32-2)19(23(29)30)13-20(21)25)16-24(31)8-11-28(12-9-24)10-7-17-3-5-18(15-26)6-4-17;/h3-6,13-14,31H,7-12,16H2,1-2H3,(H,29,30);1H. The van der Waals surface area contributed by atoms with Crippen LogP contribution in [0.3, 0.4) is 0 Å². The van der Waals surface area contributed by atoms with Gasteiger partial charge in [-0.05, 0) is 43.0 Å². The molecule has 1 aliphatic rings. The molecule has 0 aromatic heterocycles. The number of likely N-dealkylation sites (tertiary alicyclic amines) is 1. The average Bonchev–Trinajstić information content (AvgIpc) is 2.78. The molecule has 178 valence electrons. The van der Waals surface area contributed by atoms with Gasteiger partial charge in [-0.1, -0.05) is 23.7 Å².